The highest BCUT2D eigenvalue weighted by atomic mass is 32.1. The number of carbonyl (C=O) groups is 2. The van der Waals surface area contributed by atoms with E-state index in [1.807, 2.05) is 12.2 Å². The topological polar surface area (TPSA) is 68.3 Å². The van der Waals surface area contributed by atoms with E-state index in [1.54, 1.807) is 25.4 Å². The van der Waals surface area contributed by atoms with Gasteiger partial charge in [-0.25, -0.2) is 4.98 Å². The number of nitrogens with one attached hydrogen (secondary N) is 1. The van der Waals surface area contributed by atoms with Gasteiger partial charge in [-0.15, -0.1) is 11.3 Å². The highest BCUT2D eigenvalue weighted by molar-refractivity contribution is 7.13. The fourth-order valence-electron chi connectivity index (χ4n) is 2.17. The Bertz CT molecular complexity index is 497. The standard InChI is InChI=1S/C14H18N2O3S/c1-9(2)19-13(18)11-6-4-3-5-10(11)12(17)16-14-15-7-8-20-14/h3-4,7-11H,5-6H2,1-2H3,(H,15,16,17). The molecule has 1 heterocycles. The van der Waals surface area contributed by atoms with Gasteiger partial charge in [0.15, 0.2) is 5.13 Å². The summed E-state index contributed by atoms with van der Waals surface area (Å²) in [6.07, 6.45) is 6.42. The van der Waals surface area contributed by atoms with Gasteiger partial charge in [0.2, 0.25) is 5.91 Å². The van der Waals surface area contributed by atoms with Crippen molar-refractivity contribution in [3.8, 4) is 0 Å². The van der Waals surface area contributed by atoms with E-state index in [2.05, 4.69) is 10.3 Å². The minimum Gasteiger partial charge on any atom is -0.463 e. The molecule has 0 radical (unpaired) electrons. The van der Waals surface area contributed by atoms with Crippen molar-refractivity contribution in [2.75, 3.05) is 5.32 Å². The summed E-state index contributed by atoms with van der Waals surface area (Å²) < 4.78 is 5.24. The Hall–Kier alpha value is -1.69. The second-order valence-electron chi connectivity index (χ2n) is 4.97. The summed E-state index contributed by atoms with van der Waals surface area (Å²) in [7, 11) is 0. The van der Waals surface area contributed by atoms with Gasteiger partial charge in [0.1, 0.15) is 0 Å². The van der Waals surface area contributed by atoms with Crippen LogP contribution in [0.15, 0.2) is 23.7 Å². The largest absolute Gasteiger partial charge is 0.463 e. The molecule has 2 unspecified atom stereocenters. The maximum atomic E-state index is 12.3. The number of carbonyl (C=O) groups excluding carboxylic acids is 2. The minimum absolute atomic E-state index is 0.170. The van der Waals surface area contributed by atoms with Crippen LogP contribution in [-0.2, 0) is 14.3 Å². The van der Waals surface area contributed by atoms with Crippen LogP contribution in [0.4, 0.5) is 5.13 Å². The van der Waals surface area contributed by atoms with Crippen LogP contribution >= 0.6 is 11.3 Å². The van der Waals surface area contributed by atoms with Gasteiger partial charge in [-0.05, 0) is 26.7 Å². The van der Waals surface area contributed by atoms with Gasteiger partial charge in [-0.1, -0.05) is 12.2 Å². The number of amides is 1. The Balaban J connectivity index is 2.05. The molecule has 1 aromatic heterocycles. The fourth-order valence-corrected chi connectivity index (χ4v) is 2.70. The maximum absolute atomic E-state index is 12.3. The molecule has 108 valence electrons. The van der Waals surface area contributed by atoms with E-state index >= 15 is 0 Å². The molecule has 20 heavy (non-hydrogen) atoms. The SMILES string of the molecule is CC(C)OC(=O)C1CC=CCC1C(=O)Nc1nccs1. The van der Waals surface area contributed by atoms with Crippen molar-refractivity contribution in [1.82, 2.24) is 4.98 Å². The Morgan fingerprint density at radius 3 is 2.65 bits per heavy atom. The smallest absolute Gasteiger partial charge is 0.310 e. The van der Waals surface area contributed by atoms with Gasteiger partial charge in [0.05, 0.1) is 17.9 Å². The molecule has 0 fully saturated rings. The Labute approximate surface area is 122 Å². The number of rotatable bonds is 4. The summed E-state index contributed by atoms with van der Waals surface area (Å²) in [5, 5.41) is 5.11. The van der Waals surface area contributed by atoms with E-state index in [-0.39, 0.29) is 18.0 Å². The molecule has 1 amide bonds. The molecular weight excluding hydrogens is 276 g/mol. The predicted molar refractivity (Wildman–Crippen MR) is 77.3 cm³/mol. The fraction of sp³-hybridized carbons (Fsp3) is 0.500. The van der Waals surface area contributed by atoms with Crippen molar-refractivity contribution < 1.29 is 14.3 Å². The maximum Gasteiger partial charge on any atom is 0.310 e. The zero-order chi connectivity index (χ0) is 14.5. The van der Waals surface area contributed by atoms with E-state index in [4.69, 9.17) is 4.74 Å². The number of thiazole rings is 1. The first-order valence-corrected chi connectivity index (χ1v) is 7.51. The highest BCUT2D eigenvalue weighted by Gasteiger charge is 2.35. The molecule has 0 saturated carbocycles. The molecule has 0 bridgehead atoms. The number of allylic oxidation sites excluding steroid dienone is 2. The van der Waals surface area contributed by atoms with Crippen molar-refractivity contribution in [1.29, 1.82) is 0 Å². The van der Waals surface area contributed by atoms with Gasteiger partial charge < -0.3 is 10.1 Å². The Kier molecular flexibility index (Phi) is 4.89. The lowest BCUT2D eigenvalue weighted by atomic mass is 9.82. The third kappa shape index (κ3) is 3.66. The molecule has 5 nitrogen and oxygen atoms in total. The molecule has 2 atom stereocenters. The van der Waals surface area contributed by atoms with Crippen molar-refractivity contribution in [3.05, 3.63) is 23.7 Å². The van der Waals surface area contributed by atoms with Crippen LogP contribution in [0.3, 0.4) is 0 Å². The van der Waals surface area contributed by atoms with Crippen LogP contribution in [0, 0.1) is 11.8 Å². The third-order valence-corrected chi connectivity index (χ3v) is 3.77. The number of anilines is 1. The lowest BCUT2D eigenvalue weighted by Gasteiger charge is -2.26. The van der Waals surface area contributed by atoms with Gasteiger partial charge in [0.25, 0.3) is 0 Å². The molecule has 1 aliphatic carbocycles. The first-order valence-electron chi connectivity index (χ1n) is 6.63. The Morgan fingerprint density at radius 1 is 1.35 bits per heavy atom. The second-order valence-corrected chi connectivity index (χ2v) is 5.86. The number of hydrogen-bond donors (Lipinski definition) is 1. The van der Waals surface area contributed by atoms with E-state index < -0.39 is 11.8 Å². The molecular formula is C14H18N2O3S. The number of ether oxygens (including phenoxy) is 1. The van der Waals surface area contributed by atoms with E-state index in [1.165, 1.54) is 11.3 Å². The van der Waals surface area contributed by atoms with Crippen LogP contribution < -0.4 is 5.32 Å². The number of esters is 1. The van der Waals surface area contributed by atoms with Crippen LogP contribution in [-0.4, -0.2) is 23.0 Å². The third-order valence-electron chi connectivity index (χ3n) is 3.09. The molecule has 0 spiro atoms. The summed E-state index contributed by atoms with van der Waals surface area (Å²) in [5.74, 6) is -1.28. The molecule has 2 rings (SSSR count). The summed E-state index contributed by atoms with van der Waals surface area (Å²) in [6.45, 7) is 3.61. The van der Waals surface area contributed by atoms with E-state index in [9.17, 15) is 9.59 Å². The summed E-state index contributed by atoms with van der Waals surface area (Å²) >= 11 is 1.36. The summed E-state index contributed by atoms with van der Waals surface area (Å²) in [4.78, 5) is 28.4. The number of nitrogens with zero attached hydrogens (tertiary/aromatic N) is 1. The molecule has 0 aliphatic heterocycles. The van der Waals surface area contributed by atoms with Crippen LogP contribution in [0.25, 0.3) is 0 Å². The molecule has 0 saturated heterocycles. The van der Waals surface area contributed by atoms with Gasteiger partial charge in [-0.3, -0.25) is 9.59 Å². The molecule has 1 N–H and O–H groups in total. The summed E-state index contributed by atoms with van der Waals surface area (Å²) in [6, 6.07) is 0. The predicted octanol–water partition coefficient (Wildman–Crippen LogP) is 2.62. The van der Waals surface area contributed by atoms with Crippen LogP contribution in [0.5, 0.6) is 0 Å². The highest BCUT2D eigenvalue weighted by Crippen LogP contribution is 2.28. The first kappa shape index (κ1) is 14.7. The zero-order valence-electron chi connectivity index (χ0n) is 11.5. The quantitative estimate of drug-likeness (QED) is 0.684. The van der Waals surface area contributed by atoms with Crippen molar-refractivity contribution in [3.63, 3.8) is 0 Å². The van der Waals surface area contributed by atoms with Crippen molar-refractivity contribution in [2.45, 2.75) is 32.8 Å². The number of aromatic nitrogens is 1. The van der Waals surface area contributed by atoms with E-state index in [0.29, 0.717) is 18.0 Å². The van der Waals surface area contributed by atoms with Crippen LogP contribution in [0.2, 0.25) is 0 Å². The molecule has 6 heteroatoms. The number of hydrogen-bond acceptors (Lipinski definition) is 5. The average molecular weight is 294 g/mol. The zero-order valence-corrected chi connectivity index (χ0v) is 12.4. The monoisotopic (exact) mass is 294 g/mol. The van der Waals surface area contributed by atoms with Gasteiger partial charge >= 0.3 is 5.97 Å². The first-order chi connectivity index (χ1) is 9.58. The average Bonchev–Trinajstić information content (AvgIpc) is 2.90. The normalized spacial score (nSPS) is 21.8. The van der Waals surface area contributed by atoms with Gasteiger partial charge in [0, 0.05) is 11.6 Å². The van der Waals surface area contributed by atoms with Crippen molar-refractivity contribution >= 4 is 28.3 Å². The van der Waals surface area contributed by atoms with Crippen molar-refractivity contribution in [2.24, 2.45) is 11.8 Å². The Morgan fingerprint density at radius 2 is 2.05 bits per heavy atom. The molecule has 1 aliphatic rings. The minimum atomic E-state index is -0.414. The lowest BCUT2D eigenvalue weighted by molar-refractivity contribution is -0.156. The molecule has 1 aromatic rings. The van der Waals surface area contributed by atoms with E-state index in [0.717, 1.165) is 0 Å². The van der Waals surface area contributed by atoms with Crippen LogP contribution in [0.1, 0.15) is 26.7 Å². The molecule has 0 aromatic carbocycles. The summed E-state index contributed by atoms with van der Waals surface area (Å²) in [5.41, 5.74) is 0. The second kappa shape index (κ2) is 6.65. The van der Waals surface area contributed by atoms with Gasteiger partial charge in [-0.2, -0.15) is 0 Å². The lowest BCUT2D eigenvalue weighted by Crippen LogP contribution is -2.36.